The number of H-pyrrole nitrogens is 1. The van der Waals surface area contributed by atoms with Gasteiger partial charge in [0.2, 0.25) is 0 Å². The van der Waals surface area contributed by atoms with Crippen LogP contribution in [0.15, 0.2) is 12.1 Å². The summed E-state index contributed by atoms with van der Waals surface area (Å²) in [5, 5.41) is 14.4. The summed E-state index contributed by atoms with van der Waals surface area (Å²) in [6, 6.07) is 3.01. The highest BCUT2D eigenvalue weighted by molar-refractivity contribution is 5.85. The second-order valence-electron chi connectivity index (χ2n) is 6.12. The summed E-state index contributed by atoms with van der Waals surface area (Å²) in [6.07, 6.45) is 3.39. The molecule has 7 heteroatoms. The van der Waals surface area contributed by atoms with E-state index in [4.69, 9.17) is 4.74 Å². The van der Waals surface area contributed by atoms with E-state index in [9.17, 15) is 4.39 Å². The molecule has 2 unspecified atom stereocenters. The molecule has 2 atom stereocenters. The quantitative estimate of drug-likeness (QED) is 0.889. The molecular formula is C15H20ClFN4O. The molecule has 2 aliphatic rings. The number of nitrogens with one attached hydrogen (secondary N) is 2. The Hall–Kier alpha value is -1.24. The number of aromatic nitrogens is 3. The highest BCUT2D eigenvalue weighted by Crippen LogP contribution is 2.51. The molecule has 2 fully saturated rings. The number of rotatable bonds is 2. The summed E-state index contributed by atoms with van der Waals surface area (Å²) in [5.74, 6) is 0.410. The van der Waals surface area contributed by atoms with Crippen molar-refractivity contribution in [3.63, 3.8) is 0 Å². The van der Waals surface area contributed by atoms with Gasteiger partial charge in [0.25, 0.3) is 0 Å². The number of hydrogen-bond acceptors (Lipinski definition) is 4. The second-order valence-corrected chi connectivity index (χ2v) is 6.12. The molecule has 2 bridgehead atoms. The van der Waals surface area contributed by atoms with E-state index in [1.165, 1.54) is 12.5 Å². The molecule has 1 aliphatic carbocycles. The Morgan fingerprint density at radius 2 is 1.95 bits per heavy atom. The first-order chi connectivity index (χ1) is 10.3. The van der Waals surface area contributed by atoms with Crippen molar-refractivity contribution in [3.8, 4) is 0 Å². The minimum absolute atomic E-state index is 0. The first-order valence-electron chi connectivity index (χ1n) is 7.52. The first kappa shape index (κ1) is 15.6. The Kier molecular flexibility index (Phi) is 4.09. The molecule has 2 N–H and O–H groups in total. The van der Waals surface area contributed by atoms with E-state index in [0.29, 0.717) is 17.4 Å². The fourth-order valence-corrected chi connectivity index (χ4v) is 4.41. The van der Waals surface area contributed by atoms with Crippen molar-refractivity contribution in [2.24, 2.45) is 11.8 Å². The predicted molar refractivity (Wildman–Crippen MR) is 83.5 cm³/mol. The number of nitrogens with zero attached hydrogens (tertiary/aromatic N) is 2. The van der Waals surface area contributed by atoms with Crippen LogP contribution in [0, 0.1) is 17.7 Å². The molecule has 4 rings (SSSR count). The fourth-order valence-electron chi connectivity index (χ4n) is 4.41. The third-order valence-electron chi connectivity index (χ3n) is 5.25. The number of piperidine rings is 1. The lowest BCUT2D eigenvalue weighted by Gasteiger charge is -2.52. The lowest BCUT2D eigenvalue weighted by atomic mass is 9.62. The van der Waals surface area contributed by atoms with Gasteiger partial charge in [-0.1, -0.05) is 6.42 Å². The Balaban J connectivity index is 0.00000144. The average Bonchev–Trinajstić information content (AvgIpc) is 2.93. The van der Waals surface area contributed by atoms with Gasteiger partial charge in [-0.25, -0.2) is 4.39 Å². The van der Waals surface area contributed by atoms with Gasteiger partial charge < -0.3 is 10.1 Å². The SMILES string of the molecule is COC1(c2cc(F)cc3n[nH]nc23)C2CCCC1CNC2.Cl. The van der Waals surface area contributed by atoms with E-state index in [1.54, 1.807) is 13.2 Å². The third-order valence-corrected chi connectivity index (χ3v) is 5.25. The molecule has 22 heavy (non-hydrogen) atoms. The number of methoxy groups -OCH3 is 1. The molecule has 2 aromatic rings. The predicted octanol–water partition coefficient (Wildman–Crippen LogP) is 2.38. The zero-order valence-electron chi connectivity index (χ0n) is 12.4. The van der Waals surface area contributed by atoms with E-state index in [1.807, 2.05) is 0 Å². The number of ether oxygens (including phenoxy) is 1. The summed E-state index contributed by atoms with van der Waals surface area (Å²) >= 11 is 0. The lowest BCUT2D eigenvalue weighted by Crippen LogP contribution is -2.58. The minimum Gasteiger partial charge on any atom is -0.373 e. The van der Waals surface area contributed by atoms with Crippen LogP contribution < -0.4 is 5.32 Å². The van der Waals surface area contributed by atoms with Gasteiger partial charge >= 0.3 is 0 Å². The maximum Gasteiger partial charge on any atom is 0.125 e. The van der Waals surface area contributed by atoms with Gasteiger partial charge in [0, 0.05) is 43.7 Å². The molecule has 0 amide bonds. The Morgan fingerprint density at radius 1 is 1.23 bits per heavy atom. The first-order valence-corrected chi connectivity index (χ1v) is 7.52. The Bertz CT molecular complexity index is 655. The van der Waals surface area contributed by atoms with Crippen LogP contribution in [-0.4, -0.2) is 35.6 Å². The van der Waals surface area contributed by atoms with Crippen molar-refractivity contribution in [2.75, 3.05) is 20.2 Å². The topological polar surface area (TPSA) is 62.8 Å². The van der Waals surface area contributed by atoms with Crippen LogP contribution in [0.3, 0.4) is 0 Å². The summed E-state index contributed by atoms with van der Waals surface area (Å²) in [7, 11) is 1.74. The maximum atomic E-state index is 14.1. The normalized spacial score (nSPS) is 31.0. The second kappa shape index (κ2) is 5.76. The molecule has 0 radical (unpaired) electrons. The van der Waals surface area contributed by atoms with Gasteiger partial charge in [0.15, 0.2) is 0 Å². The van der Waals surface area contributed by atoms with Crippen LogP contribution in [0.25, 0.3) is 11.0 Å². The number of benzene rings is 1. The lowest BCUT2D eigenvalue weighted by molar-refractivity contribution is -0.143. The molecule has 2 heterocycles. The van der Waals surface area contributed by atoms with E-state index < -0.39 is 5.60 Å². The molecule has 1 saturated carbocycles. The molecule has 5 nitrogen and oxygen atoms in total. The number of hydrogen-bond donors (Lipinski definition) is 2. The summed E-state index contributed by atoms with van der Waals surface area (Å²) in [6.45, 7) is 1.81. The number of aromatic amines is 1. The van der Waals surface area contributed by atoms with Gasteiger partial charge in [-0.2, -0.15) is 15.4 Å². The van der Waals surface area contributed by atoms with Crippen LogP contribution in [-0.2, 0) is 10.3 Å². The van der Waals surface area contributed by atoms with Gasteiger partial charge in [-0.05, 0) is 18.9 Å². The van der Waals surface area contributed by atoms with Crippen molar-refractivity contribution in [1.82, 2.24) is 20.7 Å². The molecule has 1 saturated heterocycles. The average molecular weight is 327 g/mol. The molecule has 0 spiro atoms. The van der Waals surface area contributed by atoms with Crippen LogP contribution in [0.4, 0.5) is 4.39 Å². The highest BCUT2D eigenvalue weighted by atomic mass is 35.5. The fraction of sp³-hybridized carbons (Fsp3) is 0.600. The van der Waals surface area contributed by atoms with E-state index in [0.717, 1.165) is 37.0 Å². The van der Waals surface area contributed by atoms with Crippen molar-refractivity contribution in [2.45, 2.75) is 24.9 Å². The molecule has 120 valence electrons. The van der Waals surface area contributed by atoms with Gasteiger partial charge in [0.05, 0.1) is 0 Å². The van der Waals surface area contributed by atoms with Crippen LogP contribution in [0.5, 0.6) is 0 Å². The minimum atomic E-state index is -0.458. The van der Waals surface area contributed by atoms with Crippen LogP contribution in [0.2, 0.25) is 0 Å². The highest BCUT2D eigenvalue weighted by Gasteiger charge is 2.52. The summed E-state index contributed by atoms with van der Waals surface area (Å²) in [4.78, 5) is 0. The standard InChI is InChI=1S/C15H19FN4O.ClH/c1-21-15(9-3-2-4-10(15)8-17-7-9)12-5-11(16)6-13-14(12)19-20-18-13;/h5-6,9-10,17H,2-4,7-8H2,1H3,(H,18,19,20);1H. The van der Waals surface area contributed by atoms with Crippen molar-refractivity contribution < 1.29 is 9.13 Å². The maximum absolute atomic E-state index is 14.1. The Morgan fingerprint density at radius 3 is 2.64 bits per heavy atom. The van der Waals surface area contributed by atoms with E-state index in [-0.39, 0.29) is 18.2 Å². The van der Waals surface area contributed by atoms with Crippen LogP contribution in [0.1, 0.15) is 24.8 Å². The summed E-state index contributed by atoms with van der Waals surface area (Å²) < 4.78 is 20.1. The van der Waals surface area contributed by atoms with E-state index >= 15 is 0 Å². The monoisotopic (exact) mass is 326 g/mol. The van der Waals surface area contributed by atoms with Crippen molar-refractivity contribution in [1.29, 1.82) is 0 Å². The largest absolute Gasteiger partial charge is 0.373 e. The van der Waals surface area contributed by atoms with Gasteiger partial charge in [-0.3, -0.25) is 0 Å². The molecule has 1 aromatic heterocycles. The zero-order valence-corrected chi connectivity index (χ0v) is 13.3. The van der Waals surface area contributed by atoms with Gasteiger partial charge in [0.1, 0.15) is 22.5 Å². The van der Waals surface area contributed by atoms with Crippen molar-refractivity contribution >= 4 is 23.4 Å². The third kappa shape index (κ3) is 2.05. The smallest absolute Gasteiger partial charge is 0.125 e. The van der Waals surface area contributed by atoms with Gasteiger partial charge in [-0.15, -0.1) is 12.4 Å². The summed E-state index contributed by atoms with van der Waals surface area (Å²) in [5.41, 5.74) is 1.70. The number of halogens is 2. The molecule has 1 aliphatic heterocycles. The Labute approximate surface area is 134 Å². The zero-order chi connectivity index (χ0) is 14.4. The molecular weight excluding hydrogens is 307 g/mol. The van der Waals surface area contributed by atoms with E-state index in [2.05, 4.69) is 20.7 Å². The van der Waals surface area contributed by atoms with Crippen molar-refractivity contribution in [3.05, 3.63) is 23.5 Å². The number of fused-ring (bicyclic) bond motifs is 3. The molecule has 1 aromatic carbocycles. The van der Waals surface area contributed by atoms with Crippen LogP contribution >= 0.6 is 12.4 Å².